The second-order valence-electron chi connectivity index (χ2n) is 9.24. The SMILES string of the molecule is CCc1cc(Br)cc(C)c1C(=[N+]=[N-])C(C)(C)SC(C)(C)C(=[N+]=[N-])c1c(C)cc(Br)cc1CC. The molecular weight excluding hydrogens is 560 g/mol. The van der Waals surface area contributed by atoms with E-state index in [9.17, 15) is 11.1 Å². The Labute approximate surface area is 219 Å². The molecule has 0 aliphatic rings. The van der Waals surface area contributed by atoms with Gasteiger partial charge in [-0.1, -0.05) is 45.7 Å². The van der Waals surface area contributed by atoms with Gasteiger partial charge in [-0.2, -0.15) is 9.58 Å². The van der Waals surface area contributed by atoms with E-state index in [1.54, 1.807) is 11.8 Å². The Morgan fingerprint density at radius 3 is 1.36 bits per heavy atom. The summed E-state index contributed by atoms with van der Waals surface area (Å²) in [5, 5.41) is 0. The quantitative estimate of drug-likeness (QED) is 0.174. The molecule has 0 fully saturated rings. The zero-order valence-electron chi connectivity index (χ0n) is 20.7. The molecule has 0 aliphatic heterocycles. The predicted octanol–water partition coefficient (Wildman–Crippen LogP) is 7.98. The molecular formula is C26H32Br2N4S. The van der Waals surface area contributed by atoms with Crippen molar-refractivity contribution in [2.24, 2.45) is 0 Å². The number of halogens is 2. The number of aryl methyl sites for hydroxylation is 4. The first-order valence-electron chi connectivity index (χ1n) is 11.1. The Bertz CT molecular complexity index is 1080. The first-order chi connectivity index (χ1) is 15.3. The molecule has 2 rings (SSSR count). The lowest BCUT2D eigenvalue weighted by atomic mass is 9.89. The van der Waals surface area contributed by atoms with Gasteiger partial charge < -0.3 is 11.1 Å². The van der Waals surface area contributed by atoms with Gasteiger partial charge >= 0.3 is 11.4 Å². The van der Waals surface area contributed by atoms with Crippen LogP contribution in [0.25, 0.3) is 11.1 Å². The van der Waals surface area contributed by atoms with Crippen LogP contribution in [0.5, 0.6) is 0 Å². The third-order valence-corrected chi connectivity index (χ3v) is 8.17. The Morgan fingerprint density at radius 2 is 1.09 bits per heavy atom. The topological polar surface area (TPSA) is 72.8 Å². The van der Waals surface area contributed by atoms with Crippen LogP contribution in [0.4, 0.5) is 0 Å². The summed E-state index contributed by atoms with van der Waals surface area (Å²) in [6, 6.07) is 8.26. The Kier molecular flexibility index (Phi) is 9.12. The molecule has 0 saturated carbocycles. The summed E-state index contributed by atoms with van der Waals surface area (Å²) in [4.78, 5) is 7.61. The fourth-order valence-electron chi connectivity index (χ4n) is 4.54. The minimum Gasteiger partial charge on any atom is -0.361 e. The molecule has 0 radical (unpaired) electrons. The van der Waals surface area contributed by atoms with Crippen molar-refractivity contribution in [2.75, 3.05) is 0 Å². The summed E-state index contributed by atoms with van der Waals surface area (Å²) < 4.78 is 0.867. The molecule has 0 unspecified atom stereocenters. The van der Waals surface area contributed by atoms with E-state index in [1.807, 2.05) is 26.0 Å². The summed E-state index contributed by atoms with van der Waals surface area (Å²) in [6.45, 7) is 16.5. The van der Waals surface area contributed by atoms with Crippen molar-refractivity contribution in [1.82, 2.24) is 0 Å². The van der Waals surface area contributed by atoms with Gasteiger partial charge in [0.15, 0.2) is 0 Å². The van der Waals surface area contributed by atoms with Gasteiger partial charge in [-0.05, 0) is 101 Å². The molecule has 0 amide bonds. The number of rotatable bonds is 8. The number of thioether (sulfide) groups is 1. The highest BCUT2D eigenvalue weighted by Gasteiger charge is 2.47. The zero-order chi connectivity index (χ0) is 25.1. The standard InChI is InChI=1S/C26H32Br2N4S/c1-9-17-13-19(27)11-15(3)21(17)23(31-29)25(5,6)33-26(7,8)24(32-30)22-16(4)12-20(28)14-18(22)10-2/h11-14H,9-10H2,1-8H3. The van der Waals surface area contributed by atoms with E-state index in [1.165, 1.54) is 0 Å². The number of benzene rings is 2. The van der Waals surface area contributed by atoms with Gasteiger partial charge in [0.2, 0.25) is 0 Å². The molecule has 0 atom stereocenters. The third-order valence-electron chi connectivity index (χ3n) is 5.85. The molecule has 2 aromatic rings. The van der Waals surface area contributed by atoms with E-state index in [0.29, 0.717) is 11.4 Å². The monoisotopic (exact) mass is 590 g/mol. The summed E-state index contributed by atoms with van der Waals surface area (Å²) in [7, 11) is 0. The van der Waals surface area contributed by atoms with Gasteiger partial charge in [0.05, 0.1) is 11.1 Å². The van der Waals surface area contributed by atoms with Crippen LogP contribution in [-0.2, 0) is 12.8 Å². The highest BCUT2D eigenvalue weighted by molar-refractivity contribution is 9.10. The van der Waals surface area contributed by atoms with E-state index in [-0.39, 0.29) is 0 Å². The van der Waals surface area contributed by atoms with Gasteiger partial charge in [-0.25, -0.2) is 0 Å². The first-order valence-corrected chi connectivity index (χ1v) is 13.5. The molecule has 0 spiro atoms. The summed E-state index contributed by atoms with van der Waals surface area (Å²) in [5.41, 5.74) is 27.8. The average Bonchev–Trinajstić information content (AvgIpc) is 2.70. The maximum atomic E-state index is 10.2. The van der Waals surface area contributed by atoms with Crippen molar-refractivity contribution in [3.63, 3.8) is 0 Å². The lowest BCUT2D eigenvalue weighted by Gasteiger charge is -2.30. The smallest absolute Gasteiger partial charge is 0.315 e. The maximum Gasteiger partial charge on any atom is 0.315 e. The fourth-order valence-corrected chi connectivity index (χ4v) is 7.53. The molecule has 2 aromatic carbocycles. The molecule has 0 bridgehead atoms. The minimum absolute atomic E-state index is 0.577. The molecule has 176 valence electrons. The normalized spacial score (nSPS) is 11.7. The summed E-state index contributed by atoms with van der Waals surface area (Å²) in [6.07, 6.45) is 1.64. The largest absolute Gasteiger partial charge is 0.361 e. The van der Waals surface area contributed by atoms with E-state index in [0.717, 1.165) is 55.2 Å². The van der Waals surface area contributed by atoms with Crippen molar-refractivity contribution in [1.29, 1.82) is 0 Å². The molecule has 0 aliphatic carbocycles. The highest BCUT2D eigenvalue weighted by atomic mass is 79.9. The Balaban J connectivity index is 2.61. The lowest BCUT2D eigenvalue weighted by Crippen LogP contribution is -2.41. The van der Waals surface area contributed by atoms with E-state index in [4.69, 9.17) is 0 Å². The van der Waals surface area contributed by atoms with Crippen LogP contribution in [0.1, 0.15) is 74.9 Å². The average molecular weight is 592 g/mol. The number of nitrogens with zero attached hydrogens (tertiary/aromatic N) is 4. The maximum absolute atomic E-state index is 10.2. The molecule has 0 N–H and O–H groups in total. The molecule has 0 heterocycles. The summed E-state index contributed by atoms with van der Waals surface area (Å²) in [5.74, 6) is 0. The molecule has 7 heteroatoms. The second-order valence-corrected chi connectivity index (χ2v) is 13.3. The van der Waals surface area contributed by atoms with Crippen LogP contribution in [0.2, 0.25) is 0 Å². The fraction of sp³-hybridized carbons (Fsp3) is 0.462. The molecule has 0 saturated heterocycles. The van der Waals surface area contributed by atoms with Crippen molar-refractivity contribution in [2.45, 2.75) is 77.7 Å². The highest BCUT2D eigenvalue weighted by Crippen LogP contribution is 2.42. The van der Waals surface area contributed by atoms with Crippen LogP contribution >= 0.6 is 43.6 Å². The molecule has 4 nitrogen and oxygen atoms in total. The van der Waals surface area contributed by atoms with Gasteiger partial charge in [0, 0.05) is 8.95 Å². The summed E-state index contributed by atoms with van der Waals surface area (Å²) >= 11 is 8.79. The predicted molar refractivity (Wildman–Crippen MR) is 148 cm³/mol. The van der Waals surface area contributed by atoms with Gasteiger partial charge in [-0.15, -0.1) is 11.8 Å². The van der Waals surface area contributed by atoms with Gasteiger partial charge in [0.1, 0.15) is 9.49 Å². The molecule has 33 heavy (non-hydrogen) atoms. The first kappa shape index (κ1) is 27.8. The Morgan fingerprint density at radius 1 is 0.758 bits per heavy atom. The van der Waals surface area contributed by atoms with Crippen LogP contribution in [0.3, 0.4) is 0 Å². The van der Waals surface area contributed by atoms with E-state index >= 15 is 0 Å². The van der Waals surface area contributed by atoms with Crippen LogP contribution in [0.15, 0.2) is 33.2 Å². The van der Waals surface area contributed by atoms with Gasteiger partial charge in [-0.3, -0.25) is 0 Å². The minimum atomic E-state index is -0.577. The van der Waals surface area contributed by atoms with Crippen LogP contribution in [0, 0.1) is 13.8 Å². The van der Waals surface area contributed by atoms with Gasteiger partial charge in [0.25, 0.3) is 0 Å². The number of hydrogen-bond acceptors (Lipinski definition) is 1. The van der Waals surface area contributed by atoms with E-state index < -0.39 is 9.49 Å². The third kappa shape index (κ3) is 5.96. The second kappa shape index (κ2) is 10.8. The Hall–Kier alpha value is -1.49. The van der Waals surface area contributed by atoms with Crippen molar-refractivity contribution >= 4 is 55.0 Å². The van der Waals surface area contributed by atoms with Crippen LogP contribution in [-0.4, -0.2) is 30.5 Å². The van der Waals surface area contributed by atoms with Crippen molar-refractivity contribution < 1.29 is 9.58 Å². The zero-order valence-corrected chi connectivity index (χ0v) is 24.7. The molecule has 0 aromatic heterocycles. The lowest BCUT2D eigenvalue weighted by molar-refractivity contribution is -0.00952. The van der Waals surface area contributed by atoms with Crippen LogP contribution < -0.4 is 0 Å². The van der Waals surface area contributed by atoms with E-state index in [2.05, 4.69) is 95.1 Å². The van der Waals surface area contributed by atoms with Crippen molar-refractivity contribution in [3.05, 3.63) is 77.7 Å². The van der Waals surface area contributed by atoms with Crippen molar-refractivity contribution in [3.8, 4) is 0 Å². The number of hydrogen-bond donors (Lipinski definition) is 0.